The van der Waals surface area contributed by atoms with Gasteiger partial charge in [-0.15, -0.1) is 0 Å². The zero-order valence-corrected chi connectivity index (χ0v) is 9.54. The van der Waals surface area contributed by atoms with Gasteiger partial charge in [-0.1, -0.05) is 6.92 Å². The molecule has 0 aromatic carbocycles. The predicted octanol–water partition coefficient (Wildman–Crippen LogP) is 0.149. The lowest BCUT2D eigenvalue weighted by atomic mass is 10.2. The van der Waals surface area contributed by atoms with Crippen LogP contribution < -0.4 is 5.73 Å². The Kier molecular flexibility index (Phi) is 7.84. The molecule has 0 aliphatic rings. The van der Waals surface area contributed by atoms with Crippen molar-refractivity contribution in [3.63, 3.8) is 0 Å². The third-order valence-electron chi connectivity index (χ3n) is 1.26. The van der Waals surface area contributed by atoms with Crippen molar-refractivity contribution in [2.75, 3.05) is 7.11 Å². The van der Waals surface area contributed by atoms with E-state index in [0.717, 1.165) is 0 Å². The number of carbonyl (C=O) groups excluding carboxylic acids is 1. The Hall–Kier alpha value is -1.12. The Balaban J connectivity index is 0. The van der Waals surface area contributed by atoms with Crippen molar-refractivity contribution in [3.8, 4) is 0 Å². The van der Waals surface area contributed by atoms with Crippen LogP contribution in [0.4, 0.5) is 0 Å². The lowest BCUT2D eigenvalue weighted by Gasteiger charge is -2.02. The van der Waals surface area contributed by atoms with E-state index in [1.165, 1.54) is 7.11 Å². The fraction of sp³-hybridized carbons (Fsp3) is 0.571. The average molecular weight is 241 g/mol. The van der Waals surface area contributed by atoms with Crippen molar-refractivity contribution in [1.82, 2.24) is 0 Å². The Labute approximate surface area is 88.5 Å². The van der Waals surface area contributed by atoms with Gasteiger partial charge in [0.05, 0.1) is 12.7 Å². The Morgan fingerprint density at radius 1 is 1.40 bits per heavy atom. The summed E-state index contributed by atoms with van der Waals surface area (Å²) in [5.41, 5.74) is 6.50. The molecule has 4 N–H and O–H groups in total. The monoisotopic (exact) mass is 241 g/mol. The van der Waals surface area contributed by atoms with Gasteiger partial charge in [0.15, 0.2) is 0 Å². The number of ether oxygens (including phenoxy) is 1. The second-order valence-corrected chi connectivity index (χ2v) is 3.35. The number of hydrogen-bond donors (Lipinski definition) is 3. The van der Waals surface area contributed by atoms with Crippen molar-refractivity contribution in [1.29, 1.82) is 0 Å². The third kappa shape index (κ3) is 12.9. The Morgan fingerprint density at radius 3 is 1.80 bits per heavy atom. The Morgan fingerprint density at radius 2 is 1.73 bits per heavy atom. The SMILES string of the molecule is CCC(C(=O)OC)=C(C)N.O=S(=O)(O)O. The first-order valence-corrected chi connectivity index (χ1v) is 5.26. The van der Waals surface area contributed by atoms with Gasteiger partial charge < -0.3 is 10.5 Å². The lowest BCUT2D eigenvalue weighted by Crippen LogP contribution is -2.09. The van der Waals surface area contributed by atoms with Crippen LogP contribution in [0, 0.1) is 0 Å². The third-order valence-corrected chi connectivity index (χ3v) is 1.26. The van der Waals surface area contributed by atoms with Crippen LogP contribution in [0.2, 0.25) is 0 Å². The molecule has 0 bridgehead atoms. The van der Waals surface area contributed by atoms with Crippen LogP contribution in [-0.2, 0) is 19.9 Å². The summed E-state index contributed by atoms with van der Waals surface area (Å²) < 4.78 is 36.1. The molecule has 7 nitrogen and oxygen atoms in total. The van der Waals surface area contributed by atoms with Crippen molar-refractivity contribution in [2.24, 2.45) is 5.73 Å². The zero-order valence-electron chi connectivity index (χ0n) is 8.72. The van der Waals surface area contributed by atoms with Gasteiger partial charge in [-0.3, -0.25) is 9.11 Å². The zero-order chi connectivity index (χ0) is 12.6. The van der Waals surface area contributed by atoms with Crippen molar-refractivity contribution in [2.45, 2.75) is 20.3 Å². The van der Waals surface area contributed by atoms with Gasteiger partial charge in [0, 0.05) is 5.70 Å². The molecule has 0 saturated heterocycles. The van der Waals surface area contributed by atoms with Crippen molar-refractivity contribution >= 4 is 16.4 Å². The molecule has 0 heterocycles. The maximum absolute atomic E-state index is 10.8. The van der Waals surface area contributed by atoms with Gasteiger partial charge in [-0.25, -0.2) is 4.79 Å². The molecule has 0 aliphatic carbocycles. The molecule has 15 heavy (non-hydrogen) atoms. The highest BCUT2D eigenvalue weighted by Gasteiger charge is 2.08. The van der Waals surface area contributed by atoms with E-state index in [1.54, 1.807) is 6.92 Å². The lowest BCUT2D eigenvalue weighted by molar-refractivity contribution is -0.136. The molecule has 0 spiro atoms. The highest BCUT2D eigenvalue weighted by Crippen LogP contribution is 2.05. The molecule has 0 rings (SSSR count). The van der Waals surface area contributed by atoms with Crippen molar-refractivity contribution in [3.05, 3.63) is 11.3 Å². The molecular formula is C7H15NO6S. The van der Waals surface area contributed by atoms with E-state index < -0.39 is 10.4 Å². The molecule has 0 aromatic heterocycles. The van der Waals surface area contributed by atoms with Gasteiger partial charge in [-0.05, 0) is 13.3 Å². The van der Waals surface area contributed by atoms with E-state index in [9.17, 15) is 4.79 Å². The minimum atomic E-state index is -4.67. The van der Waals surface area contributed by atoms with Crippen molar-refractivity contribution < 1.29 is 27.1 Å². The number of nitrogens with two attached hydrogens (primary N) is 1. The van der Waals surface area contributed by atoms with E-state index >= 15 is 0 Å². The first-order valence-electron chi connectivity index (χ1n) is 3.86. The van der Waals surface area contributed by atoms with Crippen LogP contribution in [0.3, 0.4) is 0 Å². The van der Waals surface area contributed by atoms with Gasteiger partial charge in [0.2, 0.25) is 0 Å². The normalized spacial score (nSPS) is 12.1. The van der Waals surface area contributed by atoms with Crippen LogP contribution in [0.1, 0.15) is 20.3 Å². The second-order valence-electron chi connectivity index (χ2n) is 2.45. The maximum atomic E-state index is 10.8. The summed E-state index contributed by atoms with van der Waals surface area (Å²) in [6, 6.07) is 0. The molecule has 0 radical (unpaired) electrons. The highest BCUT2D eigenvalue weighted by atomic mass is 32.3. The van der Waals surface area contributed by atoms with Gasteiger partial charge in [0.1, 0.15) is 0 Å². The fourth-order valence-electron chi connectivity index (χ4n) is 0.707. The van der Waals surface area contributed by atoms with E-state index in [1.807, 2.05) is 6.92 Å². The van der Waals surface area contributed by atoms with E-state index in [0.29, 0.717) is 17.7 Å². The summed E-state index contributed by atoms with van der Waals surface area (Å²) in [5.74, 6) is -0.331. The summed E-state index contributed by atoms with van der Waals surface area (Å²) in [7, 11) is -3.32. The average Bonchev–Trinajstić information content (AvgIpc) is 2.01. The van der Waals surface area contributed by atoms with Crippen LogP contribution in [0.15, 0.2) is 11.3 Å². The molecular weight excluding hydrogens is 226 g/mol. The summed E-state index contributed by atoms with van der Waals surface area (Å²) in [6.45, 7) is 3.55. The molecule has 90 valence electrons. The number of allylic oxidation sites excluding steroid dienone is 1. The number of hydrogen-bond acceptors (Lipinski definition) is 5. The largest absolute Gasteiger partial charge is 0.466 e. The van der Waals surface area contributed by atoms with Crippen LogP contribution >= 0.6 is 0 Å². The summed E-state index contributed by atoms with van der Waals surface area (Å²) >= 11 is 0. The second kappa shape index (κ2) is 7.21. The molecule has 0 aromatic rings. The van der Waals surface area contributed by atoms with Gasteiger partial charge in [0.25, 0.3) is 0 Å². The highest BCUT2D eigenvalue weighted by molar-refractivity contribution is 7.79. The smallest absolute Gasteiger partial charge is 0.394 e. The first kappa shape index (κ1) is 16.3. The molecule has 0 aliphatic heterocycles. The van der Waals surface area contributed by atoms with E-state index in [-0.39, 0.29) is 5.97 Å². The molecule has 0 saturated carbocycles. The molecule has 8 heteroatoms. The predicted molar refractivity (Wildman–Crippen MR) is 53.4 cm³/mol. The number of carbonyl (C=O) groups is 1. The van der Waals surface area contributed by atoms with Crippen LogP contribution in [0.5, 0.6) is 0 Å². The number of methoxy groups -OCH3 is 1. The minimum absolute atomic E-state index is 0.331. The quantitative estimate of drug-likeness (QED) is 0.356. The number of esters is 1. The Bertz CT molecular complexity index is 319. The van der Waals surface area contributed by atoms with Crippen LogP contribution in [-0.4, -0.2) is 30.6 Å². The molecule has 0 fully saturated rings. The maximum Gasteiger partial charge on any atom is 0.394 e. The first-order chi connectivity index (χ1) is 6.63. The van der Waals surface area contributed by atoms with E-state index in [2.05, 4.69) is 4.74 Å². The van der Waals surface area contributed by atoms with Gasteiger partial charge >= 0.3 is 16.4 Å². The fourth-order valence-corrected chi connectivity index (χ4v) is 0.707. The standard InChI is InChI=1S/C7H13NO2.H2O4S/c1-4-6(5(2)8)7(9)10-3;1-5(2,3)4/h4,8H2,1-3H3;(H2,1,2,3,4). The van der Waals surface area contributed by atoms with Gasteiger partial charge in [-0.2, -0.15) is 8.42 Å². The number of rotatable bonds is 2. The summed E-state index contributed by atoms with van der Waals surface area (Å²) in [6.07, 6.45) is 0.620. The molecule has 0 unspecified atom stereocenters. The summed E-state index contributed by atoms with van der Waals surface area (Å²) in [5, 5.41) is 0. The molecule has 0 amide bonds. The van der Waals surface area contributed by atoms with E-state index in [4.69, 9.17) is 23.3 Å². The minimum Gasteiger partial charge on any atom is -0.466 e. The topological polar surface area (TPSA) is 127 Å². The molecule has 0 atom stereocenters. The summed E-state index contributed by atoms with van der Waals surface area (Å²) in [4.78, 5) is 10.8. The van der Waals surface area contributed by atoms with Crippen LogP contribution in [0.25, 0.3) is 0 Å².